The fraction of sp³-hybridized carbons (Fsp3) is 0.0909. The SMILES string of the molecule is COc1ccc(C2C=NOC(/C(N)=C(\c3ccncc3)N(N)c3ccccc3)=N2)cn1. The highest BCUT2D eigenvalue weighted by atomic mass is 16.6. The minimum atomic E-state index is -0.414. The number of hydrogen-bond acceptors (Lipinski definition) is 9. The molecule has 3 aromatic rings. The second kappa shape index (κ2) is 9.06. The van der Waals surface area contributed by atoms with Crippen LogP contribution in [0.15, 0.2) is 89.0 Å². The lowest BCUT2D eigenvalue weighted by Gasteiger charge is -2.25. The van der Waals surface area contributed by atoms with E-state index in [4.69, 9.17) is 21.2 Å². The van der Waals surface area contributed by atoms with Gasteiger partial charge in [0.05, 0.1) is 24.7 Å². The Morgan fingerprint density at radius 3 is 2.52 bits per heavy atom. The van der Waals surface area contributed by atoms with E-state index < -0.39 is 6.04 Å². The third-order valence-electron chi connectivity index (χ3n) is 4.62. The van der Waals surface area contributed by atoms with Gasteiger partial charge in [-0.2, -0.15) is 0 Å². The minimum Gasteiger partial charge on any atom is -0.481 e. The first kappa shape index (κ1) is 20.0. The predicted octanol–water partition coefficient (Wildman–Crippen LogP) is 2.65. The number of ether oxygens (including phenoxy) is 1. The van der Waals surface area contributed by atoms with Crippen LogP contribution < -0.4 is 21.3 Å². The molecule has 3 heterocycles. The number of hydrogen-bond donors (Lipinski definition) is 2. The molecule has 1 atom stereocenters. The Balaban J connectivity index is 1.75. The molecule has 0 saturated heterocycles. The van der Waals surface area contributed by atoms with Crippen LogP contribution in [0.25, 0.3) is 5.70 Å². The first-order chi connectivity index (χ1) is 15.2. The molecule has 31 heavy (non-hydrogen) atoms. The zero-order chi connectivity index (χ0) is 21.6. The molecule has 0 amide bonds. The summed E-state index contributed by atoms with van der Waals surface area (Å²) < 4.78 is 5.11. The van der Waals surface area contributed by atoms with E-state index in [2.05, 4.69) is 20.1 Å². The van der Waals surface area contributed by atoms with Gasteiger partial charge in [-0.05, 0) is 30.3 Å². The fourth-order valence-corrected chi connectivity index (χ4v) is 3.04. The number of rotatable bonds is 6. The zero-order valence-corrected chi connectivity index (χ0v) is 16.8. The van der Waals surface area contributed by atoms with Crippen LogP contribution in [0.2, 0.25) is 0 Å². The number of aliphatic imine (C=N–C) groups is 1. The van der Waals surface area contributed by atoms with Gasteiger partial charge in [0.15, 0.2) is 0 Å². The van der Waals surface area contributed by atoms with Gasteiger partial charge in [0.1, 0.15) is 11.7 Å². The third kappa shape index (κ3) is 4.36. The summed E-state index contributed by atoms with van der Waals surface area (Å²) in [5.74, 6) is 7.12. The minimum absolute atomic E-state index is 0.154. The van der Waals surface area contributed by atoms with E-state index in [1.165, 1.54) is 5.01 Å². The number of anilines is 1. The van der Waals surface area contributed by atoms with Crippen molar-refractivity contribution < 1.29 is 9.57 Å². The molecule has 156 valence electrons. The maximum absolute atomic E-state index is 6.52. The number of benzene rings is 1. The second-order valence-electron chi connectivity index (χ2n) is 6.56. The Bertz CT molecular complexity index is 1110. The van der Waals surface area contributed by atoms with Gasteiger partial charge in [-0.15, -0.1) is 0 Å². The molecule has 2 aromatic heterocycles. The van der Waals surface area contributed by atoms with Gasteiger partial charge in [0.25, 0.3) is 5.90 Å². The number of oxime groups is 1. The number of methoxy groups -OCH3 is 1. The number of nitrogens with zero attached hydrogens (tertiary/aromatic N) is 5. The Morgan fingerprint density at radius 1 is 1.06 bits per heavy atom. The molecule has 4 rings (SSSR count). The molecule has 9 nitrogen and oxygen atoms in total. The van der Waals surface area contributed by atoms with Crippen LogP contribution in [-0.4, -0.2) is 29.2 Å². The molecule has 1 aliphatic heterocycles. The predicted molar refractivity (Wildman–Crippen MR) is 119 cm³/mol. The molecule has 0 bridgehead atoms. The lowest BCUT2D eigenvalue weighted by molar-refractivity contribution is 0.318. The maximum atomic E-state index is 6.52. The standard InChI is InChI=1S/C22H21N7O2/c1-30-19-8-7-16(13-26-19)18-14-27-31-22(28-18)20(23)21(15-9-11-25-12-10-15)29(24)17-5-3-2-4-6-17/h2-14,18H,23-24H2,1H3/b21-20-. The van der Waals surface area contributed by atoms with Crippen molar-refractivity contribution in [2.24, 2.45) is 21.7 Å². The summed E-state index contributed by atoms with van der Waals surface area (Å²) in [4.78, 5) is 18.3. The van der Waals surface area contributed by atoms with Crippen LogP contribution in [-0.2, 0) is 4.84 Å². The monoisotopic (exact) mass is 415 g/mol. The largest absolute Gasteiger partial charge is 0.481 e. The molecule has 1 unspecified atom stereocenters. The molecule has 0 aliphatic carbocycles. The summed E-state index contributed by atoms with van der Waals surface area (Å²) in [6, 6.07) is 16.3. The topological polar surface area (TPSA) is 124 Å². The van der Waals surface area contributed by atoms with Gasteiger partial charge < -0.3 is 15.3 Å². The van der Waals surface area contributed by atoms with Crippen molar-refractivity contribution in [1.29, 1.82) is 0 Å². The lowest BCUT2D eigenvalue weighted by atomic mass is 10.1. The molecule has 9 heteroatoms. The van der Waals surface area contributed by atoms with Gasteiger partial charge in [-0.3, -0.25) is 9.99 Å². The molecule has 0 fully saturated rings. The molecule has 1 aliphatic rings. The third-order valence-corrected chi connectivity index (χ3v) is 4.62. The van der Waals surface area contributed by atoms with Crippen molar-refractivity contribution in [1.82, 2.24) is 9.97 Å². The van der Waals surface area contributed by atoms with Crippen molar-refractivity contribution >= 4 is 23.5 Å². The summed E-state index contributed by atoms with van der Waals surface area (Å²) >= 11 is 0. The van der Waals surface area contributed by atoms with Crippen molar-refractivity contribution in [2.75, 3.05) is 12.1 Å². The summed E-state index contributed by atoms with van der Waals surface area (Å²) in [6.45, 7) is 0. The highest BCUT2D eigenvalue weighted by Crippen LogP contribution is 2.27. The Hall–Kier alpha value is -4.24. The van der Waals surface area contributed by atoms with E-state index in [0.29, 0.717) is 11.6 Å². The van der Waals surface area contributed by atoms with E-state index >= 15 is 0 Å². The van der Waals surface area contributed by atoms with E-state index in [0.717, 1.165) is 16.8 Å². The van der Waals surface area contributed by atoms with Gasteiger partial charge in [-0.25, -0.2) is 15.8 Å². The van der Waals surface area contributed by atoms with Crippen LogP contribution in [0.4, 0.5) is 5.69 Å². The second-order valence-corrected chi connectivity index (χ2v) is 6.56. The molecule has 0 saturated carbocycles. The van der Waals surface area contributed by atoms with E-state index in [1.807, 2.05) is 48.5 Å². The van der Waals surface area contributed by atoms with Gasteiger partial charge in [0.2, 0.25) is 5.88 Å². The quantitative estimate of drug-likeness (QED) is 0.468. The lowest BCUT2D eigenvalue weighted by Crippen LogP contribution is -2.33. The number of para-hydroxylation sites is 1. The van der Waals surface area contributed by atoms with Crippen LogP contribution in [0, 0.1) is 0 Å². The van der Waals surface area contributed by atoms with E-state index in [1.54, 1.807) is 38.0 Å². The number of nitrogens with two attached hydrogens (primary N) is 2. The van der Waals surface area contributed by atoms with Gasteiger partial charge in [-0.1, -0.05) is 23.4 Å². The summed E-state index contributed by atoms with van der Waals surface area (Å²) in [5, 5.41) is 5.47. The Kier molecular flexibility index (Phi) is 5.86. The van der Waals surface area contributed by atoms with E-state index in [-0.39, 0.29) is 11.6 Å². The number of aromatic nitrogens is 2. The van der Waals surface area contributed by atoms with E-state index in [9.17, 15) is 0 Å². The van der Waals surface area contributed by atoms with Gasteiger partial charge in [0, 0.05) is 35.8 Å². The molecule has 0 spiro atoms. The van der Waals surface area contributed by atoms with Crippen molar-refractivity contribution in [3.05, 3.63) is 90.0 Å². The summed E-state index contributed by atoms with van der Waals surface area (Å²) in [7, 11) is 1.56. The summed E-state index contributed by atoms with van der Waals surface area (Å²) in [6.07, 6.45) is 6.57. The highest BCUT2D eigenvalue weighted by molar-refractivity contribution is 6.04. The average molecular weight is 415 g/mol. The molecule has 4 N–H and O–H groups in total. The molecule has 1 aromatic carbocycles. The highest BCUT2D eigenvalue weighted by Gasteiger charge is 2.23. The van der Waals surface area contributed by atoms with Crippen LogP contribution in [0.1, 0.15) is 17.2 Å². The molecule has 0 radical (unpaired) electrons. The Morgan fingerprint density at radius 2 is 1.84 bits per heavy atom. The number of pyridine rings is 2. The van der Waals surface area contributed by atoms with Crippen molar-refractivity contribution in [3.8, 4) is 5.88 Å². The van der Waals surface area contributed by atoms with Crippen LogP contribution >= 0.6 is 0 Å². The van der Waals surface area contributed by atoms with Crippen molar-refractivity contribution in [3.63, 3.8) is 0 Å². The van der Waals surface area contributed by atoms with Crippen molar-refractivity contribution in [2.45, 2.75) is 6.04 Å². The molecular formula is C22H21N7O2. The Labute approximate surface area is 179 Å². The van der Waals surface area contributed by atoms with Crippen LogP contribution in [0.3, 0.4) is 0 Å². The smallest absolute Gasteiger partial charge is 0.270 e. The molecular weight excluding hydrogens is 394 g/mol. The maximum Gasteiger partial charge on any atom is 0.270 e. The average Bonchev–Trinajstić information content (AvgIpc) is 2.85. The first-order valence-corrected chi connectivity index (χ1v) is 9.46. The fourth-order valence-electron chi connectivity index (χ4n) is 3.04. The number of hydrazine groups is 1. The normalized spacial score (nSPS) is 16.1. The van der Waals surface area contributed by atoms with Gasteiger partial charge >= 0.3 is 0 Å². The van der Waals surface area contributed by atoms with Crippen LogP contribution in [0.5, 0.6) is 5.88 Å². The summed E-state index contributed by atoms with van der Waals surface area (Å²) in [5.41, 5.74) is 9.58. The first-order valence-electron chi connectivity index (χ1n) is 9.46. The zero-order valence-electron chi connectivity index (χ0n) is 16.8.